The fourth-order valence-electron chi connectivity index (χ4n) is 1.86. The molecule has 0 atom stereocenters. The number of hydrogen-bond donors (Lipinski definition) is 2. The van der Waals surface area contributed by atoms with Crippen molar-refractivity contribution in [1.29, 1.82) is 0 Å². The number of nitrogens with zero attached hydrogens (tertiary/aromatic N) is 1. The van der Waals surface area contributed by atoms with Crippen LogP contribution in [-0.2, 0) is 13.0 Å². The summed E-state index contributed by atoms with van der Waals surface area (Å²) in [5.41, 5.74) is 3.30. The van der Waals surface area contributed by atoms with Crippen molar-refractivity contribution < 1.29 is 9.63 Å². The molecule has 1 heterocycles. The average Bonchev–Trinajstić information content (AvgIpc) is 2.68. The van der Waals surface area contributed by atoms with Gasteiger partial charge in [-0.2, -0.15) is 0 Å². The summed E-state index contributed by atoms with van der Waals surface area (Å²) in [4.78, 5) is 0. The summed E-state index contributed by atoms with van der Waals surface area (Å²) in [6.45, 7) is 5.54. The van der Waals surface area contributed by atoms with Crippen molar-refractivity contribution in [3.05, 3.63) is 46.8 Å². The summed E-state index contributed by atoms with van der Waals surface area (Å²) < 4.78 is 5.11. The molecule has 2 aromatic rings. The third kappa shape index (κ3) is 3.11. The third-order valence-electron chi connectivity index (χ3n) is 3.01. The lowest BCUT2D eigenvalue weighted by atomic mass is 10.1. The van der Waals surface area contributed by atoms with E-state index in [0.717, 1.165) is 36.5 Å². The lowest BCUT2D eigenvalue weighted by Gasteiger charge is -2.04. The van der Waals surface area contributed by atoms with Crippen molar-refractivity contribution in [3.63, 3.8) is 0 Å². The minimum Gasteiger partial charge on any atom is -0.508 e. The molecule has 0 amide bonds. The van der Waals surface area contributed by atoms with Gasteiger partial charge in [0, 0.05) is 12.1 Å². The molecule has 0 aliphatic rings. The zero-order chi connectivity index (χ0) is 13.0. The van der Waals surface area contributed by atoms with E-state index in [1.54, 1.807) is 12.1 Å². The van der Waals surface area contributed by atoms with Gasteiger partial charge in [0.2, 0.25) is 0 Å². The zero-order valence-electron chi connectivity index (χ0n) is 10.7. The Morgan fingerprint density at radius 1 is 1.22 bits per heavy atom. The van der Waals surface area contributed by atoms with E-state index in [9.17, 15) is 5.11 Å². The number of aromatic nitrogens is 1. The van der Waals surface area contributed by atoms with Crippen LogP contribution in [0, 0.1) is 13.8 Å². The van der Waals surface area contributed by atoms with Crippen molar-refractivity contribution in [1.82, 2.24) is 10.5 Å². The molecule has 1 aromatic carbocycles. The number of aromatic hydroxyl groups is 1. The van der Waals surface area contributed by atoms with Gasteiger partial charge in [0.1, 0.15) is 11.5 Å². The van der Waals surface area contributed by atoms with E-state index in [4.69, 9.17) is 4.52 Å². The molecule has 0 unspecified atom stereocenters. The molecule has 4 nitrogen and oxygen atoms in total. The maximum atomic E-state index is 9.18. The van der Waals surface area contributed by atoms with Gasteiger partial charge in [-0.1, -0.05) is 17.3 Å². The maximum Gasteiger partial charge on any atom is 0.138 e. The predicted molar refractivity (Wildman–Crippen MR) is 69.5 cm³/mol. The Kier molecular flexibility index (Phi) is 3.99. The topological polar surface area (TPSA) is 58.3 Å². The van der Waals surface area contributed by atoms with Gasteiger partial charge in [-0.3, -0.25) is 0 Å². The van der Waals surface area contributed by atoms with Crippen LogP contribution in [-0.4, -0.2) is 16.8 Å². The number of benzene rings is 1. The summed E-state index contributed by atoms with van der Waals surface area (Å²) in [6, 6.07) is 7.30. The minimum atomic E-state index is 0.308. The number of nitrogens with one attached hydrogen (secondary N) is 1. The molecule has 4 heteroatoms. The number of phenols is 1. The zero-order valence-corrected chi connectivity index (χ0v) is 10.7. The van der Waals surface area contributed by atoms with E-state index in [2.05, 4.69) is 10.5 Å². The molecule has 0 aliphatic heterocycles. The average molecular weight is 246 g/mol. The van der Waals surface area contributed by atoms with E-state index in [1.807, 2.05) is 26.0 Å². The SMILES string of the molecule is Cc1noc(C)c1CNCCc1ccc(O)cc1. The highest BCUT2D eigenvalue weighted by Crippen LogP contribution is 2.12. The number of phenolic OH excluding ortho intramolecular Hbond substituents is 1. The molecular formula is C14H18N2O2. The molecule has 0 spiro atoms. The normalized spacial score (nSPS) is 10.8. The highest BCUT2D eigenvalue weighted by atomic mass is 16.5. The van der Waals surface area contributed by atoms with Crippen LogP contribution in [0.3, 0.4) is 0 Å². The molecule has 0 bridgehead atoms. The lowest BCUT2D eigenvalue weighted by Crippen LogP contribution is -2.17. The first-order valence-corrected chi connectivity index (χ1v) is 6.07. The van der Waals surface area contributed by atoms with E-state index in [1.165, 1.54) is 5.56 Å². The van der Waals surface area contributed by atoms with Crippen LogP contribution in [0.2, 0.25) is 0 Å². The fourth-order valence-corrected chi connectivity index (χ4v) is 1.86. The first-order valence-electron chi connectivity index (χ1n) is 6.07. The van der Waals surface area contributed by atoms with Gasteiger partial charge in [0.05, 0.1) is 5.69 Å². The highest BCUT2D eigenvalue weighted by molar-refractivity contribution is 5.26. The summed E-state index contributed by atoms with van der Waals surface area (Å²) in [7, 11) is 0. The van der Waals surface area contributed by atoms with Gasteiger partial charge in [0.15, 0.2) is 0 Å². The molecular weight excluding hydrogens is 228 g/mol. The van der Waals surface area contributed by atoms with Gasteiger partial charge in [-0.15, -0.1) is 0 Å². The van der Waals surface area contributed by atoms with E-state index < -0.39 is 0 Å². The molecule has 96 valence electrons. The van der Waals surface area contributed by atoms with Crippen LogP contribution in [0.5, 0.6) is 5.75 Å². The Morgan fingerprint density at radius 2 is 1.94 bits per heavy atom. The molecule has 1 aromatic heterocycles. The highest BCUT2D eigenvalue weighted by Gasteiger charge is 2.07. The van der Waals surface area contributed by atoms with Crippen LogP contribution in [0.1, 0.15) is 22.6 Å². The van der Waals surface area contributed by atoms with Gasteiger partial charge in [-0.25, -0.2) is 0 Å². The summed E-state index contributed by atoms with van der Waals surface area (Å²) >= 11 is 0. The summed E-state index contributed by atoms with van der Waals surface area (Å²) in [5, 5.41) is 16.5. The standard InChI is InChI=1S/C14H18N2O2/c1-10-14(11(2)18-16-10)9-15-8-7-12-3-5-13(17)6-4-12/h3-6,15,17H,7-9H2,1-2H3. The van der Waals surface area contributed by atoms with Gasteiger partial charge in [0.25, 0.3) is 0 Å². The lowest BCUT2D eigenvalue weighted by molar-refractivity contribution is 0.392. The fraction of sp³-hybridized carbons (Fsp3) is 0.357. The van der Waals surface area contributed by atoms with E-state index in [0.29, 0.717) is 5.75 Å². The summed E-state index contributed by atoms with van der Waals surface area (Å²) in [6.07, 6.45) is 0.934. The maximum absolute atomic E-state index is 9.18. The second-order valence-corrected chi connectivity index (χ2v) is 4.40. The predicted octanol–water partition coefficient (Wildman–Crippen LogP) is 2.33. The molecule has 0 radical (unpaired) electrons. The quantitative estimate of drug-likeness (QED) is 0.795. The summed E-state index contributed by atoms with van der Waals surface area (Å²) in [5.74, 6) is 1.19. The molecule has 18 heavy (non-hydrogen) atoms. The van der Waals surface area contributed by atoms with Gasteiger partial charge in [-0.05, 0) is 44.5 Å². The van der Waals surface area contributed by atoms with E-state index >= 15 is 0 Å². The molecule has 0 saturated heterocycles. The Labute approximate surface area is 107 Å². The number of hydrogen-bond acceptors (Lipinski definition) is 4. The van der Waals surface area contributed by atoms with Crippen LogP contribution in [0.4, 0.5) is 0 Å². The molecule has 2 N–H and O–H groups in total. The molecule has 0 fully saturated rings. The first kappa shape index (κ1) is 12.6. The van der Waals surface area contributed by atoms with Gasteiger partial charge >= 0.3 is 0 Å². The Hall–Kier alpha value is -1.81. The van der Waals surface area contributed by atoms with Crippen molar-refractivity contribution in [2.24, 2.45) is 0 Å². The Balaban J connectivity index is 1.78. The Bertz CT molecular complexity index is 484. The van der Waals surface area contributed by atoms with Crippen LogP contribution < -0.4 is 5.32 Å². The van der Waals surface area contributed by atoms with Crippen LogP contribution in [0.15, 0.2) is 28.8 Å². The third-order valence-corrected chi connectivity index (χ3v) is 3.01. The first-order chi connectivity index (χ1) is 8.66. The molecule has 2 rings (SSSR count). The second-order valence-electron chi connectivity index (χ2n) is 4.40. The number of rotatable bonds is 5. The largest absolute Gasteiger partial charge is 0.508 e. The van der Waals surface area contributed by atoms with Crippen molar-refractivity contribution in [2.75, 3.05) is 6.54 Å². The second kappa shape index (κ2) is 5.69. The van der Waals surface area contributed by atoms with Crippen molar-refractivity contribution in [3.8, 4) is 5.75 Å². The van der Waals surface area contributed by atoms with Gasteiger partial charge < -0.3 is 14.9 Å². The molecule has 0 saturated carbocycles. The van der Waals surface area contributed by atoms with E-state index in [-0.39, 0.29) is 0 Å². The van der Waals surface area contributed by atoms with Crippen molar-refractivity contribution >= 4 is 0 Å². The number of aryl methyl sites for hydroxylation is 2. The molecule has 0 aliphatic carbocycles. The monoisotopic (exact) mass is 246 g/mol. The van der Waals surface area contributed by atoms with Crippen LogP contribution in [0.25, 0.3) is 0 Å². The minimum absolute atomic E-state index is 0.308. The smallest absolute Gasteiger partial charge is 0.138 e. The Morgan fingerprint density at radius 3 is 2.56 bits per heavy atom. The van der Waals surface area contributed by atoms with Crippen molar-refractivity contribution in [2.45, 2.75) is 26.8 Å². The van der Waals surface area contributed by atoms with Crippen LogP contribution >= 0.6 is 0 Å².